The van der Waals surface area contributed by atoms with Crippen LogP contribution in [-0.4, -0.2) is 55.2 Å². The highest BCUT2D eigenvalue weighted by Gasteiger charge is 2.29. The summed E-state index contributed by atoms with van der Waals surface area (Å²) in [5, 5.41) is 17.0. The minimum absolute atomic E-state index is 0.259. The SMILES string of the molecule is Nc1nc(Nc2ccc3c(c2)CCC(N2CC[C@@H](F)C2)CC3)nn1-c1cc2c(nn1)-c1ccccc1CCC2. The molecule has 1 saturated heterocycles. The summed E-state index contributed by atoms with van der Waals surface area (Å²) in [6.45, 7) is 1.47. The van der Waals surface area contributed by atoms with Gasteiger partial charge >= 0.3 is 0 Å². The van der Waals surface area contributed by atoms with Crippen molar-refractivity contribution in [3.8, 4) is 17.1 Å². The van der Waals surface area contributed by atoms with Crippen molar-refractivity contribution in [3.63, 3.8) is 0 Å². The highest BCUT2D eigenvalue weighted by Crippen LogP contribution is 2.32. The van der Waals surface area contributed by atoms with Crippen molar-refractivity contribution in [2.75, 3.05) is 24.1 Å². The molecule has 200 valence electrons. The number of nitrogens with one attached hydrogen (secondary N) is 1. The third-order valence-electron chi connectivity index (χ3n) is 8.51. The summed E-state index contributed by atoms with van der Waals surface area (Å²) in [7, 11) is 0. The second kappa shape index (κ2) is 10.0. The van der Waals surface area contributed by atoms with Crippen molar-refractivity contribution in [1.29, 1.82) is 0 Å². The van der Waals surface area contributed by atoms with E-state index < -0.39 is 6.17 Å². The lowest BCUT2D eigenvalue weighted by molar-refractivity contribution is 0.204. The highest BCUT2D eigenvalue weighted by molar-refractivity contribution is 5.68. The van der Waals surface area contributed by atoms with Gasteiger partial charge in [0.15, 0.2) is 5.82 Å². The third kappa shape index (κ3) is 4.76. The zero-order valence-corrected chi connectivity index (χ0v) is 22.0. The Morgan fingerprint density at radius 3 is 2.59 bits per heavy atom. The molecule has 0 amide bonds. The molecule has 0 radical (unpaired) electrons. The Hall–Kier alpha value is -3.85. The van der Waals surface area contributed by atoms with Gasteiger partial charge in [-0.05, 0) is 91.8 Å². The maximum atomic E-state index is 13.8. The lowest BCUT2D eigenvalue weighted by Crippen LogP contribution is -2.33. The first-order chi connectivity index (χ1) is 19.1. The molecule has 2 aliphatic carbocycles. The monoisotopic (exact) mass is 524 g/mol. The van der Waals surface area contributed by atoms with Gasteiger partial charge in [-0.15, -0.1) is 15.3 Å². The molecule has 0 bridgehead atoms. The van der Waals surface area contributed by atoms with Crippen LogP contribution in [0.5, 0.6) is 0 Å². The van der Waals surface area contributed by atoms with Gasteiger partial charge in [-0.3, -0.25) is 4.90 Å². The number of halogens is 1. The van der Waals surface area contributed by atoms with Crippen LogP contribution in [-0.2, 0) is 25.7 Å². The fourth-order valence-electron chi connectivity index (χ4n) is 6.46. The molecule has 0 spiro atoms. The zero-order valence-electron chi connectivity index (χ0n) is 22.0. The van der Waals surface area contributed by atoms with Crippen LogP contribution in [0.15, 0.2) is 48.5 Å². The molecule has 7 rings (SSSR count). The van der Waals surface area contributed by atoms with Crippen molar-refractivity contribution < 1.29 is 4.39 Å². The van der Waals surface area contributed by atoms with Crippen LogP contribution in [0, 0.1) is 0 Å². The van der Waals surface area contributed by atoms with Crippen molar-refractivity contribution >= 4 is 17.6 Å². The van der Waals surface area contributed by atoms with Crippen molar-refractivity contribution in [2.24, 2.45) is 0 Å². The smallest absolute Gasteiger partial charge is 0.248 e. The van der Waals surface area contributed by atoms with Gasteiger partial charge in [-0.2, -0.15) is 9.67 Å². The Morgan fingerprint density at radius 1 is 0.872 bits per heavy atom. The number of aromatic nitrogens is 5. The number of fused-ring (bicyclic) bond motifs is 4. The number of likely N-dealkylation sites (tertiary alicyclic amines) is 1. The van der Waals surface area contributed by atoms with E-state index >= 15 is 0 Å². The molecule has 1 aliphatic heterocycles. The van der Waals surface area contributed by atoms with Crippen LogP contribution in [0.25, 0.3) is 17.1 Å². The first-order valence-corrected chi connectivity index (χ1v) is 14.1. The van der Waals surface area contributed by atoms with Crippen molar-refractivity contribution in [2.45, 2.75) is 63.6 Å². The summed E-state index contributed by atoms with van der Waals surface area (Å²) >= 11 is 0. The number of hydrogen-bond acceptors (Lipinski definition) is 7. The molecule has 1 fully saturated rings. The molecule has 3 N–H and O–H groups in total. The van der Waals surface area contributed by atoms with E-state index in [4.69, 9.17) is 5.73 Å². The van der Waals surface area contributed by atoms with E-state index in [2.05, 4.69) is 66.9 Å². The molecule has 2 aromatic heterocycles. The first kappa shape index (κ1) is 24.2. The summed E-state index contributed by atoms with van der Waals surface area (Å²) in [6.07, 6.45) is 7.17. The van der Waals surface area contributed by atoms with E-state index in [-0.39, 0.29) is 5.95 Å². The standard InChI is InChI=1S/C30H33FN8/c31-23-14-15-38(18-23)25-12-9-19-8-11-24(16-21(19)10-13-25)33-30-34-29(32)39(37-30)27-17-22-6-3-5-20-4-1-2-7-26(20)28(22)36-35-27/h1-2,4,7-8,11,16-17,23,25H,3,5-6,9-10,12-15,18H2,(H3,32,33,34,37)/t23-,25?/m1/s1. The molecular weight excluding hydrogens is 491 g/mol. The quantitative estimate of drug-likeness (QED) is 0.369. The Bertz CT molecular complexity index is 1510. The van der Waals surface area contributed by atoms with Crippen LogP contribution in [0.2, 0.25) is 0 Å². The van der Waals surface area contributed by atoms with Gasteiger partial charge in [0.25, 0.3) is 0 Å². The van der Waals surface area contributed by atoms with Crippen LogP contribution in [0.3, 0.4) is 0 Å². The van der Waals surface area contributed by atoms with Gasteiger partial charge in [-0.1, -0.05) is 30.3 Å². The van der Waals surface area contributed by atoms with Crippen molar-refractivity contribution in [1.82, 2.24) is 29.9 Å². The molecule has 1 unspecified atom stereocenters. The molecule has 3 heterocycles. The van der Waals surface area contributed by atoms with Crippen LogP contribution >= 0.6 is 0 Å². The molecule has 2 atom stereocenters. The predicted octanol–water partition coefficient (Wildman–Crippen LogP) is 4.83. The Morgan fingerprint density at radius 2 is 1.72 bits per heavy atom. The van der Waals surface area contributed by atoms with Gasteiger partial charge < -0.3 is 11.1 Å². The molecule has 39 heavy (non-hydrogen) atoms. The molecular formula is C30H33FN8. The topological polar surface area (TPSA) is 97.8 Å². The normalized spacial score (nSPS) is 20.9. The van der Waals surface area contributed by atoms with E-state index in [1.54, 1.807) is 4.68 Å². The number of alkyl halides is 1. The van der Waals surface area contributed by atoms with E-state index in [0.29, 0.717) is 30.8 Å². The van der Waals surface area contributed by atoms with E-state index in [1.165, 1.54) is 16.7 Å². The summed E-state index contributed by atoms with van der Waals surface area (Å²) in [5.41, 5.74) is 14.5. The van der Waals surface area contributed by atoms with Gasteiger partial charge in [0.2, 0.25) is 11.9 Å². The average Bonchev–Trinajstić information content (AvgIpc) is 3.40. The summed E-state index contributed by atoms with van der Waals surface area (Å²) in [6, 6.07) is 17.4. The number of aryl methyl sites for hydroxylation is 4. The lowest BCUT2D eigenvalue weighted by Gasteiger charge is -2.25. The van der Waals surface area contributed by atoms with Gasteiger partial charge in [0.05, 0.1) is 5.69 Å². The summed E-state index contributed by atoms with van der Waals surface area (Å²) in [5.74, 6) is 1.25. The van der Waals surface area contributed by atoms with E-state index in [9.17, 15) is 4.39 Å². The van der Waals surface area contributed by atoms with Crippen molar-refractivity contribution in [3.05, 3.63) is 70.8 Å². The second-order valence-corrected chi connectivity index (χ2v) is 11.0. The molecule has 3 aliphatic rings. The zero-order chi connectivity index (χ0) is 26.3. The number of rotatable bonds is 4. The summed E-state index contributed by atoms with van der Waals surface area (Å²) in [4.78, 5) is 6.81. The maximum absolute atomic E-state index is 13.8. The second-order valence-electron chi connectivity index (χ2n) is 11.0. The molecule has 2 aromatic carbocycles. The Kier molecular flexibility index (Phi) is 6.23. The predicted molar refractivity (Wildman–Crippen MR) is 150 cm³/mol. The number of nitrogens with two attached hydrogens (primary N) is 1. The number of anilines is 3. The largest absolute Gasteiger partial charge is 0.368 e. The number of benzene rings is 2. The highest BCUT2D eigenvalue weighted by atomic mass is 19.1. The lowest BCUT2D eigenvalue weighted by atomic mass is 10.0. The Labute approximate surface area is 227 Å². The van der Waals surface area contributed by atoms with Crippen LogP contribution in [0.4, 0.5) is 22.0 Å². The minimum atomic E-state index is -0.667. The number of nitrogen functional groups attached to an aromatic ring is 1. The fraction of sp³-hybridized carbons (Fsp3) is 0.400. The number of nitrogens with zero attached hydrogens (tertiary/aromatic N) is 6. The summed E-state index contributed by atoms with van der Waals surface area (Å²) < 4.78 is 15.3. The average molecular weight is 525 g/mol. The molecule has 9 heteroatoms. The molecule has 0 saturated carbocycles. The van der Waals surface area contributed by atoms with E-state index in [0.717, 1.165) is 74.0 Å². The van der Waals surface area contributed by atoms with Gasteiger partial charge in [0, 0.05) is 30.4 Å². The van der Waals surface area contributed by atoms with Crippen LogP contribution in [0.1, 0.15) is 47.9 Å². The minimum Gasteiger partial charge on any atom is -0.368 e. The Balaban J connectivity index is 1.09. The van der Waals surface area contributed by atoms with E-state index in [1.807, 2.05) is 12.1 Å². The number of hydrogen-bond donors (Lipinski definition) is 2. The van der Waals surface area contributed by atoms with Crippen LogP contribution < -0.4 is 11.1 Å². The third-order valence-corrected chi connectivity index (χ3v) is 8.51. The maximum Gasteiger partial charge on any atom is 0.248 e. The molecule has 4 aromatic rings. The van der Waals surface area contributed by atoms with Gasteiger partial charge in [0.1, 0.15) is 6.17 Å². The fourth-order valence-corrected chi connectivity index (χ4v) is 6.46. The molecule has 8 nitrogen and oxygen atoms in total. The first-order valence-electron chi connectivity index (χ1n) is 14.1. The van der Waals surface area contributed by atoms with Gasteiger partial charge in [-0.25, -0.2) is 4.39 Å².